The first-order valence-electron chi connectivity index (χ1n) is 7.64. The number of aliphatic imine (C=N–C) groups is 1. The zero-order valence-corrected chi connectivity index (χ0v) is 16.0. The number of hydrogen-bond donors (Lipinski definition) is 0. The number of carbonyl (C=O) groups is 1. The molecule has 1 aliphatic rings. The fraction of sp³-hybridized carbons (Fsp3) is 0.158. The second kappa shape index (κ2) is 7.61. The van der Waals surface area contributed by atoms with Crippen LogP contribution in [0.5, 0.6) is 17.2 Å². The van der Waals surface area contributed by atoms with E-state index in [1.807, 2.05) is 24.3 Å². The first-order valence-corrected chi connectivity index (χ1v) is 8.43. The van der Waals surface area contributed by atoms with Crippen LogP contribution in [0.1, 0.15) is 11.1 Å². The lowest BCUT2D eigenvalue weighted by atomic mass is 10.1. The van der Waals surface area contributed by atoms with Gasteiger partial charge in [0.1, 0.15) is 0 Å². The molecule has 0 N–H and O–H groups in total. The average molecular weight is 418 g/mol. The van der Waals surface area contributed by atoms with Crippen molar-refractivity contribution in [2.45, 2.75) is 0 Å². The second-order valence-corrected chi connectivity index (χ2v) is 6.22. The Kier molecular flexibility index (Phi) is 5.27. The summed E-state index contributed by atoms with van der Waals surface area (Å²) in [6, 6.07) is 10.9. The smallest absolute Gasteiger partial charge is 0.363 e. The zero-order chi connectivity index (χ0) is 18.7. The molecular weight excluding hydrogens is 402 g/mol. The van der Waals surface area contributed by atoms with Gasteiger partial charge in [-0.05, 0) is 35.9 Å². The number of hydrogen-bond acceptors (Lipinski definition) is 6. The summed E-state index contributed by atoms with van der Waals surface area (Å²) >= 11 is 3.40. The molecule has 1 aliphatic heterocycles. The number of ether oxygens (including phenoxy) is 4. The van der Waals surface area contributed by atoms with Crippen molar-refractivity contribution in [3.8, 4) is 17.2 Å². The topological polar surface area (TPSA) is 66.4 Å². The van der Waals surface area contributed by atoms with E-state index >= 15 is 0 Å². The molecule has 26 heavy (non-hydrogen) atoms. The molecular formula is C19H16BrNO5. The van der Waals surface area contributed by atoms with E-state index in [-0.39, 0.29) is 11.6 Å². The number of halogens is 1. The van der Waals surface area contributed by atoms with Crippen LogP contribution in [0.3, 0.4) is 0 Å². The normalized spacial score (nSPS) is 14.8. The molecule has 3 rings (SSSR count). The molecule has 0 saturated heterocycles. The molecule has 0 atom stereocenters. The number of methoxy groups -OCH3 is 3. The fourth-order valence-electron chi connectivity index (χ4n) is 2.49. The van der Waals surface area contributed by atoms with E-state index in [4.69, 9.17) is 18.9 Å². The third kappa shape index (κ3) is 3.57. The van der Waals surface area contributed by atoms with Crippen molar-refractivity contribution in [2.24, 2.45) is 4.99 Å². The third-order valence-corrected chi connectivity index (χ3v) is 4.18. The lowest BCUT2D eigenvalue weighted by Crippen LogP contribution is -2.06. The molecule has 6 nitrogen and oxygen atoms in total. The van der Waals surface area contributed by atoms with Crippen LogP contribution in [-0.2, 0) is 9.53 Å². The van der Waals surface area contributed by atoms with Crippen LogP contribution in [-0.4, -0.2) is 33.2 Å². The summed E-state index contributed by atoms with van der Waals surface area (Å²) in [5.41, 5.74) is 1.60. The van der Waals surface area contributed by atoms with Crippen molar-refractivity contribution < 1.29 is 23.7 Å². The Bertz CT molecular complexity index is 895. The summed E-state index contributed by atoms with van der Waals surface area (Å²) in [6.07, 6.45) is 1.66. The maximum atomic E-state index is 12.2. The quantitative estimate of drug-likeness (QED) is 0.546. The molecule has 0 amide bonds. The number of cyclic esters (lactones) is 1. The summed E-state index contributed by atoms with van der Waals surface area (Å²) < 4.78 is 22.2. The Hall–Kier alpha value is -2.80. The van der Waals surface area contributed by atoms with E-state index in [0.29, 0.717) is 22.8 Å². The van der Waals surface area contributed by atoms with E-state index < -0.39 is 5.97 Å². The Morgan fingerprint density at radius 1 is 1.04 bits per heavy atom. The number of nitrogens with zero attached hydrogens (tertiary/aromatic N) is 1. The molecule has 0 aliphatic carbocycles. The van der Waals surface area contributed by atoms with Crippen LogP contribution in [0.25, 0.3) is 6.08 Å². The van der Waals surface area contributed by atoms with Gasteiger partial charge in [-0.15, -0.1) is 0 Å². The standard InChI is InChI=1S/C19H16BrNO5/c1-23-15-9-12(10-16(24-2)17(15)25-3)18-21-14(19(22)26-18)8-11-5-4-6-13(20)7-11/h4-10H,1-3H3. The first kappa shape index (κ1) is 18.0. The minimum atomic E-state index is -0.520. The maximum absolute atomic E-state index is 12.2. The van der Waals surface area contributed by atoms with Gasteiger partial charge in [0, 0.05) is 10.0 Å². The second-order valence-electron chi connectivity index (χ2n) is 5.31. The number of benzene rings is 2. The predicted molar refractivity (Wildman–Crippen MR) is 101 cm³/mol. The Morgan fingerprint density at radius 2 is 1.73 bits per heavy atom. The maximum Gasteiger partial charge on any atom is 0.363 e. The molecule has 0 fully saturated rings. The third-order valence-electron chi connectivity index (χ3n) is 3.68. The van der Waals surface area contributed by atoms with Gasteiger partial charge in [-0.25, -0.2) is 9.79 Å². The summed E-state index contributed by atoms with van der Waals surface area (Å²) in [5, 5.41) is 0. The van der Waals surface area contributed by atoms with Gasteiger partial charge in [0.25, 0.3) is 0 Å². The Morgan fingerprint density at radius 3 is 2.31 bits per heavy atom. The minimum Gasteiger partial charge on any atom is -0.493 e. The van der Waals surface area contributed by atoms with E-state index in [2.05, 4.69) is 20.9 Å². The number of carbonyl (C=O) groups excluding carboxylic acids is 1. The van der Waals surface area contributed by atoms with Gasteiger partial charge in [-0.1, -0.05) is 28.1 Å². The lowest BCUT2D eigenvalue weighted by Gasteiger charge is -2.13. The van der Waals surface area contributed by atoms with E-state index in [1.54, 1.807) is 18.2 Å². The van der Waals surface area contributed by atoms with E-state index in [9.17, 15) is 4.79 Å². The lowest BCUT2D eigenvalue weighted by molar-refractivity contribution is -0.129. The molecule has 134 valence electrons. The zero-order valence-electron chi connectivity index (χ0n) is 14.4. The largest absolute Gasteiger partial charge is 0.493 e. The highest BCUT2D eigenvalue weighted by atomic mass is 79.9. The van der Waals surface area contributed by atoms with E-state index in [0.717, 1.165) is 10.0 Å². The SMILES string of the molecule is COc1cc(C2=NC(=Cc3cccc(Br)c3)C(=O)O2)cc(OC)c1OC. The summed E-state index contributed by atoms with van der Waals surface area (Å²) in [4.78, 5) is 16.5. The minimum absolute atomic E-state index is 0.176. The van der Waals surface area contributed by atoms with Crippen molar-refractivity contribution in [1.82, 2.24) is 0 Å². The van der Waals surface area contributed by atoms with Crippen LogP contribution >= 0.6 is 15.9 Å². The van der Waals surface area contributed by atoms with Gasteiger partial charge in [0.05, 0.1) is 21.3 Å². The molecule has 0 aromatic heterocycles. The van der Waals surface area contributed by atoms with Gasteiger partial charge >= 0.3 is 5.97 Å². The van der Waals surface area contributed by atoms with Crippen molar-refractivity contribution in [1.29, 1.82) is 0 Å². The summed E-state index contributed by atoms with van der Waals surface area (Å²) in [5.74, 6) is 1.01. The molecule has 0 bridgehead atoms. The van der Waals surface area contributed by atoms with Gasteiger partial charge in [-0.3, -0.25) is 0 Å². The van der Waals surface area contributed by atoms with Gasteiger partial charge < -0.3 is 18.9 Å². The highest BCUT2D eigenvalue weighted by molar-refractivity contribution is 9.10. The number of rotatable bonds is 5. The van der Waals surface area contributed by atoms with Crippen molar-refractivity contribution in [3.05, 3.63) is 57.7 Å². The number of esters is 1. The molecule has 7 heteroatoms. The monoisotopic (exact) mass is 417 g/mol. The summed E-state index contributed by atoms with van der Waals surface area (Å²) in [6.45, 7) is 0. The van der Waals surface area contributed by atoms with Crippen molar-refractivity contribution >= 4 is 33.9 Å². The Balaban J connectivity index is 2.01. The molecule has 0 radical (unpaired) electrons. The van der Waals surface area contributed by atoms with Crippen LogP contribution in [0.15, 0.2) is 51.6 Å². The molecule has 2 aromatic rings. The first-order chi connectivity index (χ1) is 12.5. The van der Waals surface area contributed by atoms with Gasteiger partial charge in [-0.2, -0.15) is 0 Å². The average Bonchev–Trinajstić information content (AvgIpc) is 3.01. The summed E-state index contributed by atoms with van der Waals surface area (Å²) in [7, 11) is 4.55. The predicted octanol–water partition coefficient (Wildman–Crippen LogP) is 3.82. The van der Waals surface area contributed by atoms with Crippen LogP contribution in [0.4, 0.5) is 0 Å². The Labute approximate surface area is 159 Å². The van der Waals surface area contributed by atoms with Crippen molar-refractivity contribution in [3.63, 3.8) is 0 Å². The molecule has 0 unspecified atom stereocenters. The van der Waals surface area contributed by atoms with Crippen LogP contribution in [0, 0.1) is 0 Å². The van der Waals surface area contributed by atoms with E-state index in [1.165, 1.54) is 21.3 Å². The highest BCUT2D eigenvalue weighted by Crippen LogP contribution is 2.39. The van der Waals surface area contributed by atoms with Crippen LogP contribution < -0.4 is 14.2 Å². The van der Waals surface area contributed by atoms with Gasteiger partial charge in [0.15, 0.2) is 17.2 Å². The van der Waals surface area contributed by atoms with Crippen LogP contribution in [0.2, 0.25) is 0 Å². The molecule has 0 spiro atoms. The molecule has 2 aromatic carbocycles. The van der Waals surface area contributed by atoms with Crippen molar-refractivity contribution in [2.75, 3.05) is 21.3 Å². The molecule has 0 saturated carbocycles. The fourth-order valence-corrected chi connectivity index (χ4v) is 2.91. The highest BCUT2D eigenvalue weighted by Gasteiger charge is 2.26. The van der Waals surface area contributed by atoms with Gasteiger partial charge in [0.2, 0.25) is 11.6 Å². The molecule has 1 heterocycles.